The SMILES string of the molecule is CN=C(NCC1CCCOC1c1ccc(C)cc1)N1CCC(Oc2ccccc2)CC1.I. The molecule has 1 N–H and O–H groups in total. The smallest absolute Gasteiger partial charge is 0.193 e. The zero-order valence-electron chi connectivity index (χ0n) is 19.2. The van der Waals surface area contributed by atoms with E-state index in [1.807, 2.05) is 37.4 Å². The molecule has 32 heavy (non-hydrogen) atoms. The summed E-state index contributed by atoms with van der Waals surface area (Å²) >= 11 is 0. The fraction of sp³-hybridized carbons (Fsp3) is 0.500. The Bertz CT molecular complexity index is 836. The van der Waals surface area contributed by atoms with E-state index in [1.165, 1.54) is 17.5 Å². The number of hydrogen-bond donors (Lipinski definition) is 1. The van der Waals surface area contributed by atoms with Gasteiger partial charge in [-0.2, -0.15) is 0 Å². The summed E-state index contributed by atoms with van der Waals surface area (Å²) in [5.74, 6) is 2.40. The van der Waals surface area contributed by atoms with Gasteiger partial charge in [-0.3, -0.25) is 4.99 Å². The third-order valence-corrected chi connectivity index (χ3v) is 6.37. The van der Waals surface area contributed by atoms with E-state index in [4.69, 9.17) is 9.47 Å². The summed E-state index contributed by atoms with van der Waals surface area (Å²) in [6, 6.07) is 18.9. The van der Waals surface area contributed by atoms with Crippen LogP contribution in [0.25, 0.3) is 0 Å². The summed E-state index contributed by atoms with van der Waals surface area (Å²) in [5.41, 5.74) is 2.57. The molecule has 5 nitrogen and oxygen atoms in total. The zero-order chi connectivity index (χ0) is 21.5. The van der Waals surface area contributed by atoms with Gasteiger partial charge in [-0.15, -0.1) is 24.0 Å². The molecule has 2 atom stereocenters. The lowest BCUT2D eigenvalue weighted by atomic mass is 9.89. The van der Waals surface area contributed by atoms with Gasteiger partial charge in [-0.05, 0) is 37.5 Å². The van der Waals surface area contributed by atoms with Gasteiger partial charge >= 0.3 is 0 Å². The van der Waals surface area contributed by atoms with Crippen molar-refractivity contribution < 1.29 is 9.47 Å². The van der Waals surface area contributed by atoms with E-state index >= 15 is 0 Å². The molecule has 2 aromatic rings. The zero-order valence-corrected chi connectivity index (χ0v) is 21.5. The standard InChI is InChI=1S/C26H35N3O2.HI/c1-20-10-12-21(13-11-20)25-22(7-6-18-30-25)19-28-26(27-2)29-16-14-24(15-17-29)31-23-8-4-3-5-9-23;/h3-5,8-13,22,24-25H,6-7,14-19H2,1-2H3,(H,27,28);1H. The third kappa shape index (κ3) is 6.61. The minimum Gasteiger partial charge on any atom is -0.490 e. The predicted molar refractivity (Wildman–Crippen MR) is 141 cm³/mol. The van der Waals surface area contributed by atoms with Crippen molar-refractivity contribution in [3.8, 4) is 5.75 Å². The van der Waals surface area contributed by atoms with E-state index < -0.39 is 0 Å². The van der Waals surface area contributed by atoms with Gasteiger partial charge in [0, 0.05) is 52.0 Å². The molecule has 2 unspecified atom stereocenters. The topological polar surface area (TPSA) is 46.1 Å². The molecular weight excluding hydrogens is 513 g/mol. The first-order valence-corrected chi connectivity index (χ1v) is 11.6. The molecule has 2 heterocycles. The summed E-state index contributed by atoms with van der Waals surface area (Å²) in [5, 5.41) is 3.64. The van der Waals surface area contributed by atoms with Crippen LogP contribution in [0.1, 0.15) is 42.9 Å². The fourth-order valence-corrected chi connectivity index (χ4v) is 4.61. The molecule has 2 aromatic carbocycles. The third-order valence-electron chi connectivity index (χ3n) is 6.37. The van der Waals surface area contributed by atoms with Gasteiger partial charge in [0.15, 0.2) is 5.96 Å². The minimum absolute atomic E-state index is 0. The number of aliphatic imine (C=N–C) groups is 1. The monoisotopic (exact) mass is 549 g/mol. The molecule has 0 bridgehead atoms. The van der Waals surface area contributed by atoms with Crippen molar-refractivity contribution in [2.24, 2.45) is 10.9 Å². The highest BCUT2D eigenvalue weighted by Gasteiger charge is 2.29. The lowest BCUT2D eigenvalue weighted by Gasteiger charge is -2.36. The van der Waals surface area contributed by atoms with Crippen LogP contribution >= 0.6 is 24.0 Å². The first kappa shape index (κ1) is 24.8. The number of hydrogen-bond acceptors (Lipinski definition) is 3. The molecule has 2 aliphatic heterocycles. The molecule has 0 spiro atoms. The maximum absolute atomic E-state index is 6.19. The van der Waals surface area contributed by atoms with Gasteiger partial charge in [-0.25, -0.2) is 0 Å². The lowest BCUT2D eigenvalue weighted by Crippen LogP contribution is -2.49. The first-order valence-electron chi connectivity index (χ1n) is 11.6. The minimum atomic E-state index is 0. The van der Waals surface area contributed by atoms with Crippen LogP contribution in [0.5, 0.6) is 5.75 Å². The van der Waals surface area contributed by atoms with Crippen LogP contribution < -0.4 is 10.1 Å². The van der Waals surface area contributed by atoms with E-state index in [0.29, 0.717) is 5.92 Å². The van der Waals surface area contributed by atoms with Crippen LogP contribution in [0.4, 0.5) is 0 Å². The van der Waals surface area contributed by atoms with Crippen molar-refractivity contribution in [3.05, 3.63) is 65.7 Å². The molecule has 2 fully saturated rings. The van der Waals surface area contributed by atoms with E-state index in [1.54, 1.807) is 0 Å². The van der Waals surface area contributed by atoms with Crippen LogP contribution in [-0.2, 0) is 4.74 Å². The van der Waals surface area contributed by atoms with Crippen molar-refractivity contribution >= 4 is 29.9 Å². The Labute approximate surface area is 209 Å². The highest BCUT2D eigenvalue weighted by molar-refractivity contribution is 14.0. The molecule has 0 aromatic heterocycles. The summed E-state index contributed by atoms with van der Waals surface area (Å²) in [7, 11) is 1.88. The average Bonchev–Trinajstić information content (AvgIpc) is 2.82. The summed E-state index contributed by atoms with van der Waals surface area (Å²) < 4.78 is 12.3. The molecule has 0 aliphatic carbocycles. The summed E-state index contributed by atoms with van der Waals surface area (Å²) in [6.45, 7) is 5.77. The number of guanidine groups is 1. The number of para-hydroxylation sites is 1. The average molecular weight is 549 g/mol. The second-order valence-corrected chi connectivity index (χ2v) is 8.65. The molecule has 174 valence electrons. The molecule has 2 saturated heterocycles. The van der Waals surface area contributed by atoms with E-state index in [-0.39, 0.29) is 36.2 Å². The van der Waals surface area contributed by atoms with Crippen LogP contribution in [0.2, 0.25) is 0 Å². The van der Waals surface area contributed by atoms with Gasteiger partial charge in [0.25, 0.3) is 0 Å². The molecule has 0 saturated carbocycles. The number of ether oxygens (including phenoxy) is 2. The van der Waals surface area contributed by atoms with E-state index in [0.717, 1.165) is 57.2 Å². The molecule has 0 radical (unpaired) electrons. The Hall–Kier alpha value is -1.80. The molecule has 2 aliphatic rings. The van der Waals surface area contributed by atoms with Gasteiger partial charge in [0.05, 0.1) is 6.10 Å². The maximum atomic E-state index is 6.19. The Balaban J connectivity index is 0.00000289. The highest BCUT2D eigenvalue weighted by atomic mass is 127. The van der Waals surface area contributed by atoms with Crippen molar-refractivity contribution in [1.82, 2.24) is 10.2 Å². The number of benzene rings is 2. The Morgan fingerprint density at radius 1 is 1.06 bits per heavy atom. The van der Waals surface area contributed by atoms with Crippen molar-refractivity contribution in [2.45, 2.75) is 44.8 Å². The second-order valence-electron chi connectivity index (χ2n) is 8.65. The van der Waals surface area contributed by atoms with Crippen LogP contribution in [0.15, 0.2) is 59.6 Å². The van der Waals surface area contributed by atoms with Crippen molar-refractivity contribution in [3.63, 3.8) is 0 Å². The lowest BCUT2D eigenvalue weighted by molar-refractivity contribution is -0.0267. The predicted octanol–water partition coefficient (Wildman–Crippen LogP) is 5.20. The van der Waals surface area contributed by atoms with Gasteiger partial charge in [0.2, 0.25) is 0 Å². The molecule has 4 rings (SSSR count). The van der Waals surface area contributed by atoms with Crippen LogP contribution in [0, 0.1) is 12.8 Å². The van der Waals surface area contributed by atoms with Crippen molar-refractivity contribution in [1.29, 1.82) is 0 Å². The van der Waals surface area contributed by atoms with Gasteiger partial charge < -0.3 is 19.7 Å². The normalized spacial score (nSPS) is 22.2. The van der Waals surface area contributed by atoms with Crippen molar-refractivity contribution in [2.75, 3.05) is 33.3 Å². The number of nitrogens with zero attached hydrogens (tertiary/aromatic N) is 2. The largest absolute Gasteiger partial charge is 0.490 e. The van der Waals surface area contributed by atoms with Gasteiger partial charge in [0.1, 0.15) is 11.9 Å². The molecular formula is C26H36IN3O2. The number of piperidine rings is 1. The fourth-order valence-electron chi connectivity index (χ4n) is 4.61. The quantitative estimate of drug-likeness (QED) is 0.317. The van der Waals surface area contributed by atoms with Crippen LogP contribution in [0.3, 0.4) is 0 Å². The Morgan fingerprint density at radius 2 is 1.78 bits per heavy atom. The Morgan fingerprint density at radius 3 is 2.47 bits per heavy atom. The van der Waals surface area contributed by atoms with E-state index in [9.17, 15) is 0 Å². The highest BCUT2D eigenvalue weighted by Crippen LogP contribution is 2.33. The number of rotatable bonds is 5. The van der Waals surface area contributed by atoms with Gasteiger partial charge in [-0.1, -0.05) is 48.0 Å². The number of halogens is 1. The number of aryl methyl sites for hydroxylation is 1. The van der Waals surface area contributed by atoms with E-state index in [2.05, 4.69) is 46.4 Å². The first-order chi connectivity index (χ1) is 15.2. The number of likely N-dealkylation sites (tertiary alicyclic amines) is 1. The maximum Gasteiger partial charge on any atom is 0.193 e. The molecule has 0 amide bonds. The Kier molecular flexibility index (Phi) is 9.66. The number of nitrogens with one attached hydrogen (secondary N) is 1. The summed E-state index contributed by atoms with van der Waals surface area (Å²) in [4.78, 5) is 6.92. The van der Waals surface area contributed by atoms with Crippen LogP contribution in [-0.4, -0.2) is 50.3 Å². The summed E-state index contributed by atoms with van der Waals surface area (Å²) in [6.07, 6.45) is 4.74. The second kappa shape index (κ2) is 12.4. The molecule has 6 heteroatoms.